The summed E-state index contributed by atoms with van der Waals surface area (Å²) in [6, 6.07) is 9.45. The van der Waals surface area contributed by atoms with Gasteiger partial charge in [0.1, 0.15) is 12.2 Å². The Balaban J connectivity index is 2.25. The van der Waals surface area contributed by atoms with Gasteiger partial charge in [0, 0.05) is 0 Å². The molecule has 0 saturated carbocycles. The molecule has 0 saturated heterocycles. The summed E-state index contributed by atoms with van der Waals surface area (Å²) in [6.07, 6.45) is -2.25. The normalized spacial score (nSPS) is 14.5. The van der Waals surface area contributed by atoms with E-state index in [1.807, 2.05) is 30.3 Å². The summed E-state index contributed by atoms with van der Waals surface area (Å²) in [5.74, 6) is 0. The Morgan fingerprint density at radius 3 is 2.53 bits per heavy atom. The smallest absolute Gasteiger partial charge is 0.151 e. The number of aliphatic hydroxyl groups excluding tert-OH is 2. The first-order chi connectivity index (χ1) is 7.24. The zero-order valence-electron chi connectivity index (χ0n) is 8.24. The molecule has 2 atom stereocenters. The number of rotatable bonds is 6. The van der Waals surface area contributed by atoms with Crippen LogP contribution in [0.1, 0.15) is 5.56 Å². The summed E-state index contributed by atoms with van der Waals surface area (Å²) >= 11 is 0. The zero-order valence-corrected chi connectivity index (χ0v) is 8.24. The highest BCUT2D eigenvalue weighted by atomic mass is 16.5. The second-order valence-corrected chi connectivity index (χ2v) is 3.19. The van der Waals surface area contributed by atoms with E-state index in [1.165, 1.54) is 0 Å². The van der Waals surface area contributed by atoms with E-state index in [0.29, 0.717) is 6.61 Å². The van der Waals surface area contributed by atoms with Crippen LogP contribution in [0.3, 0.4) is 0 Å². The molecule has 2 N–H and O–H groups in total. The fourth-order valence-electron chi connectivity index (χ4n) is 1.06. The first kappa shape index (κ1) is 11.8. The van der Waals surface area contributed by atoms with Crippen LogP contribution in [0.25, 0.3) is 0 Å². The SMILES string of the molecule is O=C[C@@H](O)[C@@H](O)COCc1ccccc1. The van der Waals surface area contributed by atoms with Crippen molar-refractivity contribution in [1.29, 1.82) is 0 Å². The fourth-order valence-corrected chi connectivity index (χ4v) is 1.06. The van der Waals surface area contributed by atoms with Gasteiger partial charge < -0.3 is 19.7 Å². The van der Waals surface area contributed by atoms with E-state index in [0.717, 1.165) is 5.56 Å². The molecule has 1 aromatic carbocycles. The molecule has 0 aromatic heterocycles. The first-order valence-electron chi connectivity index (χ1n) is 4.67. The van der Waals surface area contributed by atoms with Crippen LogP contribution in [0, 0.1) is 0 Å². The summed E-state index contributed by atoms with van der Waals surface area (Å²) in [6.45, 7) is 0.290. The predicted molar refractivity (Wildman–Crippen MR) is 54.2 cm³/mol. The summed E-state index contributed by atoms with van der Waals surface area (Å²) < 4.78 is 5.14. The lowest BCUT2D eigenvalue weighted by atomic mass is 10.2. The molecular weight excluding hydrogens is 196 g/mol. The molecule has 0 aliphatic heterocycles. The lowest BCUT2D eigenvalue weighted by Crippen LogP contribution is -2.31. The third-order valence-electron chi connectivity index (χ3n) is 1.93. The van der Waals surface area contributed by atoms with E-state index >= 15 is 0 Å². The van der Waals surface area contributed by atoms with Crippen molar-refractivity contribution in [3.8, 4) is 0 Å². The van der Waals surface area contributed by atoms with Crippen LogP contribution >= 0.6 is 0 Å². The third kappa shape index (κ3) is 4.20. The fraction of sp³-hybridized carbons (Fsp3) is 0.364. The standard InChI is InChI=1S/C11H14O4/c12-6-10(13)11(14)8-15-7-9-4-2-1-3-5-9/h1-6,10-11,13-14H,7-8H2/t10-,11+/m1/s1. The number of benzene rings is 1. The van der Waals surface area contributed by atoms with Crippen LogP contribution in [-0.2, 0) is 16.1 Å². The molecule has 0 amide bonds. The Morgan fingerprint density at radius 1 is 1.27 bits per heavy atom. The van der Waals surface area contributed by atoms with Gasteiger partial charge in [-0.2, -0.15) is 0 Å². The van der Waals surface area contributed by atoms with Gasteiger partial charge in [0.15, 0.2) is 6.29 Å². The maximum absolute atomic E-state index is 10.1. The van der Waals surface area contributed by atoms with Gasteiger partial charge >= 0.3 is 0 Å². The molecule has 0 fully saturated rings. The minimum atomic E-state index is -1.37. The largest absolute Gasteiger partial charge is 0.388 e. The van der Waals surface area contributed by atoms with E-state index in [4.69, 9.17) is 9.84 Å². The predicted octanol–water partition coefficient (Wildman–Crippen LogP) is 0.124. The summed E-state index contributed by atoms with van der Waals surface area (Å²) in [4.78, 5) is 10.1. The number of hydrogen-bond acceptors (Lipinski definition) is 4. The van der Waals surface area contributed by atoms with Gasteiger partial charge in [0.2, 0.25) is 0 Å². The third-order valence-corrected chi connectivity index (χ3v) is 1.93. The lowest BCUT2D eigenvalue weighted by Gasteiger charge is -2.12. The van der Waals surface area contributed by atoms with Crippen molar-refractivity contribution in [3.05, 3.63) is 35.9 Å². The minimum Gasteiger partial charge on any atom is -0.388 e. The molecule has 82 valence electrons. The summed E-state index contributed by atoms with van der Waals surface area (Å²) in [7, 11) is 0. The first-order valence-corrected chi connectivity index (χ1v) is 4.67. The number of aliphatic hydroxyl groups is 2. The number of aldehydes is 1. The molecule has 0 bridgehead atoms. The monoisotopic (exact) mass is 210 g/mol. The molecule has 0 aliphatic carbocycles. The average Bonchev–Trinajstić information content (AvgIpc) is 2.29. The Hall–Kier alpha value is -1.23. The van der Waals surface area contributed by atoms with Gasteiger partial charge in [0.25, 0.3) is 0 Å². The van der Waals surface area contributed by atoms with Crippen LogP contribution in [0.15, 0.2) is 30.3 Å². The molecule has 0 spiro atoms. The van der Waals surface area contributed by atoms with E-state index in [2.05, 4.69) is 0 Å². The highest BCUT2D eigenvalue weighted by Gasteiger charge is 2.14. The van der Waals surface area contributed by atoms with Gasteiger partial charge in [-0.15, -0.1) is 0 Å². The van der Waals surface area contributed by atoms with E-state index in [-0.39, 0.29) is 12.9 Å². The van der Waals surface area contributed by atoms with Crippen LogP contribution < -0.4 is 0 Å². The molecule has 1 aromatic rings. The second kappa shape index (κ2) is 6.29. The number of ether oxygens (including phenoxy) is 1. The van der Waals surface area contributed by atoms with Crippen molar-refractivity contribution in [1.82, 2.24) is 0 Å². The molecule has 0 unspecified atom stereocenters. The van der Waals surface area contributed by atoms with Gasteiger partial charge in [-0.1, -0.05) is 30.3 Å². The highest BCUT2D eigenvalue weighted by Crippen LogP contribution is 2.01. The lowest BCUT2D eigenvalue weighted by molar-refractivity contribution is -0.123. The van der Waals surface area contributed by atoms with Crippen molar-refractivity contribution < 1.29 is 19.7 Å². The van der Waals surface area contributed by atoms with Gasteiger partial charge in [-0.05, 0) is 5.56 Å². The van der Waals surface area contributed by atoms with Crippen LogP contribution in [-0.4, -0.2) is 35.3 Å². The second-order valence-electron chi connectivity index (χ2n) is 3.19. The summed E-state index contributed by atoms with van der Waals surface area (Å²) in [5.41, 5.74) is 0.977. The minimum absolute atomic E-state index is 0.0607. The molecular formula is C11H14O4. The Labute approximate surface area is 88.1 Å². The molecule has 4 nitrogen and oxygen atoms in total. The zero-order chi connectivity index (χ0) is 11.1. The van der Waals surface area contributed by atoms with E-state index in [1.54, 1.807) is 0 Å². The van der Waals surface area contributed by atoms with Crippen molar-refractivity contribution in [2.45, 2.75) is 18.8 Å². The number of carbonyl (C=O) groups excluding carboxylic acids is 1. The van der Waals surface area contributed by atoms with Gasteiger partial charge in [0.05, 0.1) is 13.2 Å². The van der Waals surface area contributed by atoms with Crippen LogP contribution in [0.5, 0.6) is 0 Å². The quantitative estimate of drug-likeness (QED) is 0.655. The van der Waals surface area contributed by atoms with E-state index in [9.17, 15) is 9.90 Å². The Kier molecular flexibility index (Phi) is 4.97. The Bertz CT molecular complexity index is 286. The topological polar surface area (TPSA) is 66.8 Å². The number of carbonyl (C=O) groups is 1. The van der Waals surface area contributed by atoms with Crippen LogP contribution in [0.4, 0.5) is 0 Å². The van der Waals surface area contributed by atoms with Crippen molar-refractivity contribution >= 4 is 6.29 Å². The highest BCUT2D eigenvalue weighted by molar-refractivity contribution is 5.56. The molecule has 0 heterocycles. The van der Waals surface area contributed by atoms with Gasteiger partial charge in [-0.25, -0.2) is 0 Å². The summed E-state index contributed by atoms with van der Waals surface area (Å²) in [5, 5.41) is 18.1. The van der Waals surface area contributed by atoms with Crippen molar-refractivity contribution in [2.24, 2.45) is 0 Å². The van der Waals surface area contributed by atoms with Gasteiger partial charge in [-0.3, -0.25) is 0 Å². The molecule has 0 radical (unpaired) electrons. The maximum Gasteiger partial charge on any atom is 0.151 e. The Morgan fingerprint density at radius 2 is 1.93 bits per heavy atom. The van der Waals surface area contributed by atoms with E-state index < -0.39 is 12.2 Å². The average molecular weight is 210 g/mol. The molecule has 1 rings (SSSR count). The van der Waals surface area contributed by atoms with Crippen molar-refractivity contribution in [3.63, 3.8) is 0 Å². The molecule has 15 heavy (non-hydrogen) atoms. The maximum atomic E-state index is 10.1. The molecule has 4 heteroatoms. The molecule has 0 aliphatic rings. The number of hydrogen-bond donors (Lipinski definition) is 2. The van der Waals surface area contributed by atoms with Crippen LogP contribution in [0.2, 0.25) is 0 Å². The van der Waals surface area contributed by atoms with Crippen molar-refractivity contribution in [2.75, 3.05) is 6.61 Å².